The molecule has 0 atom stereocenters. The maximum atomic E-state index is 13.0. The van der Waals surface area contributed by atoms with Gasteiger partial charge in [-0.1, -0.05) is 0 Å². The Kier molecular flexibility index (Phi) is 4.90. The second kappa shape index (κ2) is 7.66. The van der Waals surface area contributed by atoms with Crippen LogP contribution in [0.1, 0.15) is 21.0 Å². The van der Waals surface area contributed by atoms with E-state index in [1.165, 1.54) is 15.8 Å². The zero-order chi connectivity index (χ0) is 20.4. The molecule has 1 fully saturated rings. The smallest absolute Gasteiger partial charge is 0.327 e. The molecule has 0 bridgehead atoms. The van der Waals surface area contributed by atoms with Gasteiger partial charge in [0.25, 0.3) is 5.91 Å². The van der Waals surface area contributed by atoms with Gasteiger partial charge in [-0.15, -0.1) is 0 Å². The highest BCUT2D eigenvalue weighted by Gasteiger charge is 2.34. The van der Waals surface area contributed by atoms with Crippen molar-refractivity contribution in [1.82, 2.24) is 15.1 Å². The summed E-state index contributed by atoms with van der Waals surface area (Å²) in [6.45, 7) is 1.21. The maximum absolute atomic E-state index is 13.0. The Morgan fingerprint density at radius 1 is 1.07 bits per heavy atom. The van der Waals surface area contributed by atoms with Crippen molar-refractivity contribution in [3.63, 3.8) is 0 Å². The minimum Gasteiger partial charge on any atom is -0.538 e. The van der Waals surface area contributed by atoms with E-state index in [-0.39, 0.29) is 30.5 Å². The molecule has 1 aliphatic heterocycles. The van der Waals surface area contributed by atoms with Crippen LogP contribution in [-0.4, -0.2) is 60.2 Å². The molecule has 0 aliphatic carbocycles. The average Bonchev–Trinajstić information content (AvgIpc) is 3.43. The van der Waals surface area contributed by atoms with Crippen molar-refractivity contribution in [2.24, 2.45) is 0 Å². The first kappa shape index (κ1) is 18.5. The molecule has 0 N–H and O–H groups in total. The van der Waals surface area contributed by atoms with E-state index in [1.54, 1.807) is 48.4 Å². The zero-order valence-corrected chi connectivity index (χ0v) is 15.6. The highest BCUT2D eigenvalue weighted by atomic mass is 16.6. The van der Waals surface area contributed by atoms with Gasteiger partial charge in [0, 0.05) is 38.3 Å². The van der Waals surface area contributed by atoms with Crippen molar-refractivity contribution in [2.75, 3.05) is 33.3 Å². The Bertz CT molecular complexity index is 1000. The molecule has 2 amide bonds. The third-order valence-corrected chi connectivity index (χ3v) is 4.72. The van der Waals surface area contributed by atoms with Crippen molar-refractivity contribution in [1.29, 1.82) is 0 Å². The van der Waals surface area contributed by atoms with Gasteiger partial charge >= 0.3 is 11.6 Å². The van der Waals surface area contributed by atoms with Crippen LogP contribution in [0.4, 0.5) is 0 Å². The molecule has 1 aliphatic rings. The zero-order valence-electron chi connectivity index (χ0n) is 15.6. The van der Waals surface area contributed by atoms with Gasteiger partial charge < -0.3 is 28.6 Å². The van der Waals surface area contributed by atoms with Crippen LogP contribution in [0, 0.1) is 0 Å². The molecule has 4 rings (SSSR count). The van der Waals surface area contributed by atoms with Gasteiger partial charge in [-0.2, -0.15) is 0 Å². The van der Waals surface area contributed by atoms with E-state index in [9.17, 15) is 14.7 Å². The summed E-state index contributed by atoms with van der Waals surface area (Å²) in [6, 6.07) is 9.95. The predicted molar refractivity (Wildman–Crippen MR) is 94.5 cm³/mol. The lowest BCUT2D eigenvalue weighted by Crippen LogP contribution is -2.53. The van der Waals surface area contributed by atoms with E-state index in [4.69, 9.17) is 13.7 Å². The van der Waals surface area contributed by atoms with Crippen LogP contribution >= 0.6 is 0 Å². The molecule has 1 saturated heterocycles. The van der Waals surface area contributed by atoms with Gasteiger partial charge in [0.2, 0.25) is 5.69 Å². The lowest BCUT2D eigenvalue weighted by molar-refractivity contribution is -0.672. The van der Waals surface area contributed by atoms with Crippen LogP contribution in [0.5, 0.6) is 11.7 Å². The lowest BCUT2D eigenvalue weighted by Gasteiger charge is -2.33. The van der Waals surface area contributed by atoms with E-state index < -0.39 is 11.9 Å². The number of methoxy groups -OCH3 is 1. The molecule has 0 spiro atoms. The predicted octanol–water partition coefficient (Wildman–Crippen LogP) is 0.225. The summed E-state index contributed by atoms with van der Waals surface area (Å²) >= 11 is 0. The van der Waals surface area contributed by atoms with E-state index in [1.807, 2.05) is 0 Å². The molecule has 3 aromatic rings. The van der Waals surface area contributed by atoms with Crippen LogP contribution in [-0.2, 0) is 0 Å². The fourth-order valence-electron chi connectivity index (χ4n) is 3.14. The molecule has 2 aromatic heterocycles. The van der Waals surface area contributed by atoms with Gasteiger partial charge in [-0.05, 0) is 28.9 Å². The number of carbonyl (C=O) groups excluding carboxylic acids is 2. The van der Waals surface area contributed by atoms with Crippen molar-refractivity contribution in [2.45, 2.75) is 0 Å². The SMILES string of the molecule is COc1ccc(-[n+]2noc([O-])c2C(=O)N2CCN(C(=O)c3ccco3)CC2)cc1. The van der Waals surface area contributed by atoms with Gasteiger partial charge in [0.15, 0.2) is 11.7 Å². The van der Waals surface area contributed by atoms with Crippen molar-refractivity contribution in [3.8, 4) is 17.4 Å². The summed E-state index contributed by atoms with van der Waals surface area (Å²) < 4.78 is 16.1. The standard InChI is InChI=1S/C19H18N4O6/c1-27-14-6-4-13(5-7-14)23-16(19(26)29-20-23)18(25)22-10-8-21(9-11-22)17(24)15-3-2-12-28-15/h2-7,12H,8-11H2,1H3. The summed E-state index contributed by atoms with van der Waals surface area (Å²) in [4.78, 5) is 28.4. The molecular weight excluding hydrogens is 380 g/mol. The van der Waals surface area contributed by atoms with E-state index >= 15 is 0 Å². The Balaban J connectivity index is 1.49. The number of carbonyl (C=O) groups is 2. The Hall–Kier alpha value is -3.82. The van der Waals surface area contributed by atoms with Crippen LogP contribution in [0.25, 0.3) is 5.69 Å². The van der Waals surface area contributed by atoms with Gasteiger partial charge in [0.1, 0.15) is 5.75 Å². The van der Waals surface area contributed by atoms with E-state index in [2.05, 4.69) is 5.27 Å². The number of piperazine rings is 1. The number of furan rings is 1. The highest BCUT2D eigenvalue weighted by molar-refractivity contribution is 5.94. The lowest BCUT2D eigenvalue weighted by atomic mass is 10.2. The second-order valence-electron chi connectivity index (χ2n) is 6.38. The van der Waals surface area contributed by atoms with E-state index in [0.29, 0.717) is 24.5 Å². The quantitative estimate of drug-likeness (QED) is 0.578. The fourth-order valence-corrected chi connectivity index (χ4v) is 3.14. The van der Waals surface area contributed by atoms with Crippen molar-refractivity contribution >= 4 is 11.8 Å². The van der Waals surface area contributed by atoms with Crippen LogP contribution in [0.3, 0.4) is 0 Å². The third-order valence-electron chi connectivity index (χ3n) is 4.72. The number of ether oxygens (including phenoxy) is 1. The van der Waals surface area contributed by atoms with Gasteiger partial charge in [-0.3, -0.25) is 9.59 Å². The Morgan fingerprint density at radius 2 is 1.72 bits per heavy atom. The maximum Gasteiger partial charge on any atom is 0.327 e. The number of hydrogen-bond donors (Lipinski definition) is 0. The summed E-state index contributed by atoms with van der Waals surface area (Å²) in [6.07, 6.45) is 1.44. The molecule has 0 radical (unpaired) electrons. The molecule has 10 nitrogen and oxygen atoms in total. The molecular formula is C19H18N4O6. The molecule has 150 valence electrons. The molecule has 3 heterocycles. The van der Waals surface area contributed by atoms with Gasteiger partial charge in [-0.25, -0.2) is 0 Å². The number of rotatable bonds is 4. The number of aromatic nitrogens is 2. The Morgan fingerprint density at radius 3 is 2.31 bits per heavy atom. The monoisotopic (exact) mass is 398 g/mol. The second-order valence-corrected chi connectivity index (χ2v) is 6.38. The van der Waals surface area contributed by atoms with Crippen LogP contribution in [0.2, 0.25) is 0 Å². The number of benzene rings is 1. The largest absolute Gasteiger partial charge is 0.538 e. The fraction of sp³-hybridized carbons (Fsp3) is 0.263. The summed E-state index contributed by atoms with van der Waals surface area (Å²) in [5.41, 5.74) is 0.299. The minimum atomic E-state index is -0.820. The third kappa shape index (κ3) is 3.51. The number of hydrogen-bond acceptors (Lipinski definition) is 7. The summed E-state index contributed by atoms with van der Waals surface area (Å²) in [5, 5.41) is 15.8. The number of nitrogens with zero attached hydrogens (tertiary/aromatic N) is 4. The molecule has 0 saturated carbocycles. The summed E-state index contributed by atoms with van der Waals surface area (Å²) in [7, 11) is 1.54. The van der Waals surface area contributed by atoms with Crippen LogP contribution in [0.15, 0.2) is 51.6 Å². The van der Waals surface area contributed by atoms with Crippen molar-refractivity contribution in [3.05, 3.63) is 54.1 Å². The molecule has 0 unspecified atom stereocenters. The van der Waals surface area contributed by atoms with Crippen molar-refractivity contribution < 1.29 is 33.1 Å². The van der Waals surface area contributed by atoms with Gasteiger partial charge in [0.05, 0.1) is 18.6 Å². The molecule has 10 heteroatoms. The van der Waals surface area contributed by atoms with E-state index in [0.717, 1.165) is 0 Å². The first-order chi connectivity index (χ1) is 14.1. The molecule has 1 aromatic carbocycles. The van der Waals surface area contributed by atoms with Crippen LogP contribution < -0.4 is 14.5 Å². The first-order valence-corrected chi connectivity index (χ1v) is 8.94. The summed E-state index contributed by atoms with van der Waals surface area (Å²) in [5.74, 6) is -0.671. The Labute approximate surface area is 165 Å². The average molecular weight is 398 g/mol. The first-order valence-electron chi connectivity index (χ1n) is 8.94. The molecule has 29 heavy (non-hydrogen) atoms. The minimum absolute atomic E-state index is 0.194. The number of amides is 2. The highest BCUT2D eigenvalue weighted by Crippen LogP contribution is 2.17. The topological polar surface area (TPSA) is 116 Å². The normalized spacial score (nSPS) is 14.1.